The molecule has 1 aliphatic carbocycles. The van der Waals surface area contributed by atoms with E-state index in [0.717, 1.165) is 46.7 Å². The molecule has 7 nitrogen and oxygen atoms in total. The zero-order valence-electron chi connectivity index (χ0n) is 26.5. The van der Waals surface area contributed by atoms with E-state index in [9.17, 15) is 18.0 Å². The summed E-state index contributed by atoms with van der Waals surface area (Å²) in [6, 6.07) is 27.2. The van der Waals surface area contributed by atoms with Gasteiger partial charge in [0.25, 0.3) is 10.0 Å². The van der Waals surface area contributed by atoms with E-state index in [4.69, 9.17) is 23.2 Å². The van der Waals surface area contributed by atoms with E-state index >= 15 is 0 Å². The van der Waals surface area contributed by atoms with Crippen LogP contribution in [0.5, 0.6) is 0 Å². The van der Waals surface area contributed by atoms with Crippen molar-refractivity contribution in [2.45, 2.75) is 69.5 Å². The molecule has 0 saturated heterocycles. The van der Waals surface area contributed by atoms with Crippen LogP contribution in [-0.2, 0) is 32.6 Å². The third-order valence-corrected chi connectivity index (χ3v) is 10.9. The normalized spacial score (nSPS) is 14.0. The highest BCUT2D eigenvalue weighted by molar-refractivity contribution is 7.92. The molecule has 2 amide bonds. The first-order valence-electron chi connectivity index (χ1n) is 15.7. The molecule has 1 aliphatic rings. The highest BCUT2D eigenvalue weighted by atomic mass is 35.5. The summed E-state index contributed by atoms with van der Waals surface area (Å²) in [6.07, 6.45) is 4.05. The average molecular weight is 693 g/mol. The molecule has 4 aromatic carbocycles. The number of sulfonamides is 1. The molecule has 1 atom stereocenters. The van der Waals surface area contributed by atoms with Gasteiger partial charge in [0.05, 0.1) is 20.6 Å². The molecule has 0 aromatic heterocycles. The molecule has 1 saturated carbocycles. The number of benzene rings is 4. The van der Waals surface area contributed by atoms with Crippen molar-refractivity contribution < 1.29 is 18.0 Å². The van der Waals surface area contributed by atoms with Gasteiger partial charge in [-0.05, 0) is 85.3 Å². The number of carbonyl (C=O) groups is 2. The summed E-state index contributed by atoms with van der Waals surface area (Å²) in [5, 5.41) is 3.86. The minimum absolute atomic E-state index is 0.0113. The number of nitrogens with zero attached hydrogens (tertiary/aromatic N) is 2. The van der Waals surface area contributed by atoms with Crippen LogP contribution in [0.25, 0.3) is 0 Å². The fraction of sp³-hybridized carbons (Fsp3) is 0.297. The lowest BCUT2D eigenvalue weighted by atomic mass is 10.0. The molecular formula is C37H39Cl2N3O4S. The number of hydrogen-bond acceptors (Lipinski definition) is 4. The average Bonchev–Trinajstić information content (AvgIpc) is 3.56. The van der Waals surface area contributed by atoms with Gasteiger partial charge in [-0.2, -0.15) is 0 Å². The van der Waals surface area contributed by atoms with Crippen molar-refractivity contribution in [2.24, 2.45) is 0 Å². The number of carbonyl (C=O) groups excluding carboxylic acids is 2. The number of rotatable bonds is 12. The van der Waals surface area contributed by atoms with Crippen LogP contribution >= 0.6 is 23.2 Å². The van der Waals surface area contributed by atoms with Crippen LogP contribution in [0.15, 0.2) is 102 Å². The summed E-state index contributed by atoms with van der Waals surface area (Å²) >= 11 is 12.6. The number of hydrogen-bond donors (Lipinski definition) is 1. The molecule has 1 fully saturated rings. The van der Waals surface area contributed by atoms with Crippen LogP contribution in [0.3, 0.4) is 0 Å². The van der Waals surface area contributed by atoms with Crippen LogP contribution in [-0.4, -0.2) is 43.8 Å². The number of nitrogens with one attached hydrogen (secondary N) is 1. The van der Waals surface area contributed by atoms with Crippen molar-refractivity contribution in [3.05, 3.63) is 129 Å². The van der Waals surface area contributed by atoms with Crippen molar-refractivity contribution in [1.82, 2.24) is 10.2 Å². The van der Waals surface area contributed by atoms with Crippen LogP contribution in [0.4, 0.5) is 5.69 Å². The predicted octanol–water partition coefficient (Wildman–Crippen LogP) is 7.50. The fourth-order valence-corrected chi connectivity index (χ4v) is 7.84. The molecule has 0 radical (unpaired) electrons. The smallest absolute Gasteiger partial charge is 0.264 e. The van der Waals surface area contributed by atoms with Gasteiger partial charge in [-0.25, -0.2) is 8.42 Å². The van der Waals surface area contributed by atoms with Crippen LogP contribution in [0.1, 0.15) is 47.9 Å². The Morgan fingerprint density at radius 1 is 0.809 bits per heavy atom. The van der Waals surface area contributed by atoms with Crippen molar-refractivity contribution in [1.29, 1.82) is 0 Å². The Kier molecular flexibility index (Phi) is 11.3. The third-order valence-electron chi connectivity index (χ3n) is 8.41. The SMILES string of the molecule is Cc1cc(C)cc(N(CC(=O)N(Cc2ccc(Cl)c(Cl)c2)[C@H](Cc2ccccc2)C(=O)NC2CCCC2)S(=O)(=O)c2ccccc2)c1. The minimum atomic E-state index is -4.18. The van der Waals surface area contributed by atoms with Gasteiger partial charge in [-0.15, -0.1) is 0 Å². The van der Waals surface area contributed by atoms with Crippen molar-refractivity contribution >= 4 is 50.7 Å². The lowest BCUT2D eigenvalue weighted by Crippen LogP contribution is -2.54. The topological polar surface area (TPSA) is 86.8 Å². The maximum atomic E-state index is 14.7. The summed E-state index contributed by atoms with van der Waals surface area (Å²) in [4.78, 5) is 30.4. The van der Waals surface area contributed by atoms with Crippen molar-refractivity contribution in [3.63, 3.8) is 0 Å². The van der Waals surface area contributed by atoms with Gasteiger partial charge in [0.15, 0.2) is 0 Å². The Balaban J connectivity index is 1.59. The molecule has 4 aromatic rings. The van der Waals surface area contributed by atoms with Crippen LogP contribution < -0.4 is 9.62 Å². The molecule has 1 N–H and O–H groups in total. The quantitative estimate of drug-likeness (QED) is 0.167. The second kappa shape index (κ2) is 15.4. The van der Waals surface area contributed by atoms with E-state index in [1.54, 1.807) is 48.5 Å². The number of aryl methyl sites for hydroxylation is 2. The Labute approximate surface area is 287 Å². The van der Waals surface area contributed by atoms with Gasteiger partial charge in [0, 0.05) is 19.0 Å². The third kappa shape index (κ3) is 8.74. The van der Waals surface area contributed by atoms with E-state index in [-0.39, 0.29) is 29.8 Å². The molecule has 47 heavy (non-hydrogen) atoms. The zero-order valence-corrected chi connectivity index (χ0v) is 28.9. The van der Waals surface area contributed by atoms with Crippen LogP contribution in [0, 0.1) is 13.8 Å². The summed E-state index contributed by atoms with van der Waals surface area (Å²) < 4.78 is 29.6. The molecule has 0 aliphatic heterocycles. The molecule has 246 valence electrons. The second-order valence-electron chi connectivity index (χ2n) is 12.1. The van der Waals surface area contributed by atoms with Crippen molar-refractivity contribution in [2.75, 3.05) is 10.8 Å². The molecule has 0 unspecified atom stereocenters. The summed E-state index contributed by atoms with van der Waals surface area (Å²) in [5.41, 5.74) is 3.60. The van der Waals surface area contributed by atoms with Crippen LogP contribution in [0.2, 0.25) is 10.0 Å². The summed E-state index contributed by atoms with van der Waals surface area (Å²) in [6.45, 7) is 3.25. The van der Waals surface area contributed by atoms with Gasteiger partial charge < -0.3 is 10.2 Å². The van der Waals surface area contributed by atoms with E-state index < -0.39 is 28.5 Å². The van der Waals surface area contributed by atoms with Gasteiger partial charge in [0.1, 0.15) is 12.6 Å². The first kappa shape index (κ1) is 34.5. The summed E-state index contributed by atoms with van der Waals surface area (Å²) in [5.74, 6) is -0.810. The maximum Gasteiger partial charge on any atom is 0.264 e. The Morgan fingerprint density at radius 3 is 2.04 bits per heavy atom. The van der Waals surface area contributed by atoms with E-state index in [1.807, 2.05) is 50.2 Å². The maximum absolute atomic E-state index is 14.7. The Morgan fingerprint density at radius 2 is 1.43 bits per heavy atom. The number of halogens is 2. The fourth-order valence-electron chi connectivity index (χ4n) is 6.10. The largest absolute Gasteiger partial charge is 0.352 e. The minimum Gasteiger partial charge on any atom is -0.352 e. The second-order valence-corrected chi connectivity index (χ2v) is 14.8. The lowest BCUT2D eigenvalue weighted by molar-refractivity contribution is -0.140. The highest BCUT2D eigenvalue weighted by Gasteiger charge is 2.35. The molecule has 0 bridgehead atoms. The first-order valence-corrected chi connectivity index (χ1v) is 17.9. The standard InChI is InChI=1S/C37H39Cl2N3O4S/c1-26-19-27(2)21-31(20-26)42(47(45,46)32-15-7-4-8-16-32)25-36(43)41(24-29-17-18-33(38)34(39)22-29)35(23-28-11-5-3-6-12-28)37(44)40-30-13-9-10-14-30/h3-8,11-12,15-22,30,35H,9-10,13-14,23-25H2,1-2H3,(H,40,44)/t35-/m1/s1. The molecule has 5 rings (SSSR count). The monoisotopic (exact) mass is 691 g/mol. The molecule has 10 heteroatoms. The van der Waals surface area contributed by atoms with E-state index in [2.05, 4.69) is 5.32 Å². The molecular weight excluding hydrogens is 653 g/mol. The van der Waals surface area contributed by atoms with Gasteiger partial charge in [0.2, 0.25) is 11.8 Å². The number of anilines is 1. The van der Waals surface area contributed by atoms with E-state index in [0.29, 0.717) is 21.3 Å². The highest BCUT2D eigenvalue weighted by Crippen LogP contribution is 2.28. The first-order chi connectivity index (χ1) is 22.5. The lowest BCUT2D eigenvalue weighted by Gasteiger charge is -2.34. The predicted molar refractivity (Wildman–Crippen MR) is 188 cm³/mol. The van der Waals surface area contributed by atoms with Gasteiger partial charge in [-0.3, -0.25) is 13.9 Å². The summed E-state index contributed by atoms with van der Waals surface area (Å²) in [7, 11) is -4.18. The zero-order chi connectivity index (χ0) is 33.6. The Bertz CT molecular complexity index is 1790. The van der Waals surface area contributed by atoms with Gasteiger partial charge >= 0.3 is 0 Å². The molecule has 0 heterocycles. The van der Waals surface area contributed by atoms with Crippen molar-refractivity contribution in [3.8, 4) is 0 Å². The van der Waals surface area contributed by atoms with Gasteiger partial charge in [-0.1, -0.05) is 96.7 Å². The Hall–Kier alpha value is -3.85. The molecule has 0 spiro atoms. The number of amides is 2. The van der Waals surface area contributed by atoms with E-state index in [1.165, 1.54) is 17.0 Å².